The Hall–Kier alpha value is -1.36. The molecule has 0 saturated carbocycles. The van der Waals surface area contributed by atoms with Crippen molar-refractivity contribution in [3.8, 4) is 0 Å². The second kappa shape index (κ2) is 7.06. The quantitative estimate of drug-likeness (QED) is 0.460. The van der Waals surface area contributed by atoms with Crippen LogP contribution in [0.3, 0.4) is 0 Å². The lowest BCUT2D eigenvalue weighted by Gasteiger charge is -2.07. The number of anilines is 1. The fraction of sp³-hybridized carbons (Fsp3) is 0.545. The molecule has 94 valence electrons. The first-order chi connectivity index (χ1) is 8.16. The molecule has 0 fully saturated rings. The molecular weight excluding hydrogens is 242 g/mol. The summed E-state index contributed by atoms with van der Waals surface area (Å²) in [5.74, 6) is 0. The Morgan fingerprint density at radius 1 is 1.41 bits per heavy atom. The van der Waals surface area contributed by atoms with Crippen molar-refractivity contribution in [1.29, 1.82) is 0 Å². The number of pyridine rings is 1. The molecule has 0 aliphatic carbocycles. The summed E-state index contributed by atoms with van der Waals surface area (Å²) in [6.07, 6.45) is 7.04. The van der Waals surface area contributed by atoms with E-state index in [2.05, 4.69) is 17.2 Å². The highest BCUT2D eigenvalue weighted by Crippen LogP contribution is 2.30. The molecule has 0 aliphatic rings. The standard InChI is InChI=1S/C11H16ClN3O2/c1-2-3-4-5-6-14-11-9(12)7-13-8-10(11)15(16)17/h7-8H,2-6H2,1H3,(H,13,14). The lowest BCUT2D eigenvalue weighted by atomic mass is 10.2. The molecule has 17 heavy (non-hydrogen) atoms. The summed E-state index contributed by atoms with van der Waals surface area (Å²) in [6.45, 7) is 2.82. The van der Waals surface area contributed by atoms with Gasteiger partial charge in [0.25, 0.3) is 0 Å². The van der Waals surface area contributed by atoms with E-state index in [-0.39, 0.29) is 10.7 Å². The fourth-order valence-corrected chi connectivity index (χ4v) is 1.72. The average Bonchev–Trinajstić information content (AvgIpc) is 2.30. The van der Waals surface area contributed by atoms with Gasteiger partial charge in [-0.1, -0.05) is 37.8 Å². The first-order valence-electron chi connectivity index (χ1n) is 5.68. The summed E-state index contributed by atoms with van der Waals surface area (Å²) in [7, 11) is 0. The van der Waals surface area contributed by atoms with E-state index in [0.717, 1.165) is 19.3 Å². The molecule has 1 aromatic rings. The molecule has 0 aliphatic heterocycles. The molecule has 0 spiro atoms. The molecule has 1 N–H and O–H groups in total. The van der Waals surface area contributed by atoms with Crippen molar-refractivity contribution in [3.05, 3.63) is 27.5 Å². The minimum absolute atomic E-state index is 0.0759. The molecule has 0 bridgehead atoms. The van der Waals surface area contributed by atoms with E-state index in [4.69, 9.17) is 11.6 Å². The first-order valence-corrected chi connectivity index (χ1v) is 6.06. The van der Waals surface area contributed by atoms with Gasteiger partial charge in [0.05, 0.1) is 9.95 Å². The normalized spacial score (nSPS) is 10.2. The maximum absolute atomic E-state index is 10.8. The summed E-state index contributed by atoms with van der Waals surface area (Å²) in [4.78, 5) is 14.0. The monoisotopic (exact) mass is 257 g/mol. The summed E-state index contributed by atoms with van der Waals surface area (Å²) in [5, 5.41) is 14.1. The number of aromatic nitrogens is 1. The van der Waals surface area contributed by atoms with Crippen molar-refractivity contribution in [2.75, 3.05) is 11.9 Å². The number of nitrogens with one attached hydrogen (secondary N) is 1. The van der Waals surface area contributed by atoms with E-state index >= 15 is 0 Å². The number of unbranched alkanes of at least 4 members (excludes halogenated alkanes) is 3. The van der Waals surface area contributed by atoms with E-state index in [1.54, 1.807) is 0 Å². The molecule has 0 saturated heterocycles. The summed E-state index contributed by atoms with van der Waals surface area (Å²) >= 11 is 5.88. The number of nitrogens with zero attached hydrogens (tertiary/aromatic N) is 2. The average molecular weight is 258 g/mol. The van der Waals surface area contributed by atoms with Crippen molar-refractivity contribution in [1.82, 2.24) is 4.98 Å². The van der Waals surface area contributed by atoms with Crippen molar-refractivity contribution >= 4 is 23.0 Å². The van der Waals surface area contributed by atoms with Gasteiger partial charge in [-0.3, -0.25) is 15.1 Å². The van der Waals surface area contributed by atoms with Crippen LogP contribution >= 0.6 is 11.6 Å². The Morgan fingerprint density at radius 3 is 2.82 bits per heavy atom. The topological polar surface area (TPSA) is 68.1 Å². The van der Waals surface area contributed by atoms with Gasteiger partial charge < -0.3 is 5.32 Å². The van der Waals surface area contributed by atoms with Crippen LogP contribution in [0.15, 0.2) is 12.4 Å². The van der Waals surface area contributed by atoms with E-state index < -0.39 is 4.92 Å². The lowest BCUT2D eigenvalue weighted by Crippen LogP contribution is -2.05. The van der Waals surface area contributed by atoms with Gasteiger partial charge in [-0.2, -0.15) is 0 Å². The first kappa shape index (κ1) is 13.7. The van der Waals surface area contributed by atoms with Gasteiger partial charge in [-0.25, -0.2) is 0 Å². The van der Waals surface area contributed by atoms with Crippen molar-refractivity contribution < 1.29 is 4.92 Å². The number of nitro groups is 1. The van der Waals surface area contributed by atoms with E-state index in [1.165, 1.54) is 18.8 Å². The molecule has 0 unspecified atom stereocenters. The molecule has 0 aromatic carbocycles. The Kier molecular flexibility index (Phi) is 5.69. The maximum Gasteiger partial charge on any atom is 0.311 e. The molecule has 0 amide bonds. The maximum atomic E-state index is 10.8. The summed E-state index contributed by atoms with van der Waals surface area (Å²) < 4.78 is 0. The summed E-state index contributed by atoms with van der Waals surface area (Å²) in [5.41, 5.74) is 0.288. The van der Waals surface area contributed by atoms with Crippen LogP contribution in [-0.2, 0) is 0 Å². The van der Waals surface area contributed by atoms with Gasteiger partial charge in [-0.05, 0) is 6.42 Å². The molecule has 1 heterocycles. The predicted molar refractivity (Wildman–Crippen MR) is 68.5 cm³/mol. The minimum atomic E-state index is -0.479. The lowest BCUT2D eigenvalue weighted by molar-refractivity contribution is -0.384. The van der Waals surface area contributed by atoms with Crippen molar-refractivity contribution in [2.24, 2.45) is 0 Å². The van der Waals surface area contributed by atoms with Crippen LogP contribution in [-0.4, -0.2) is 16.5 Å². The highest BCUT2D eigenvalue weighted by atomic mass is 35.5. The van der Waals surface area contributed by atoms with Crippen LogP contribution in [0.5, 0.6) is 0 Å². The van der Waals surface area contributed by atoms with Gasteiger partial charge in [-0.15, -0.1) is 0 Å². The zero-order chi connectivity index (χ0) is 12.7. The third kappa shape index (κ3) is 4.19. The Morgan fingerprint density at radius 2 is 2.18 bits per heavy atom. The Balaban J connectivity index is 2.60. The van der Waals surface area contributed by atoms with Gasteiger partial charge in [0.15, 0.2) is 0 Å². The van der Waals surface area contributed by atoms with Gasteiger partial charge in [0.1, 0.15) is 11.9 Å². The number of hydrogen-bond acceptors (Lipinski definition) is 4. The Labute approximate surface area is 105 Å². The summed E-state index contributed by atoms with van der Waals surface area (Å²) in [6, 6.07) is 0. The third-order valence-corrected chi connectivity index (χ3v) is 2.70. The Bertz CT molecular complexity index is 385. The van der Waals surface area contributed by atoms with Crippen LogP contribution in [0.1, 0.15) is 32.6 Å². The van der Waals surface area contributed by atoms with Crippen LogP contribution in [0, 0.1) is 10.1 Å². The molecule has 1 rings (SSSR count). The highest BCUT2D eigenvalue weighted by Gasteiger charge is 2.16. The van der Waals surface area contributed by atoms with Crippen molar-refractivity contribution in [3.63, 3.8) is 0 Å². The largest absolute Gasteiger partial charge is 0.378 e. The fourth-order valence-electron chi connectivity index (χ4n) is 1.50. The van der Waals surface area contributed by atoms with E-state index in [0.29, 0.717) is 12.2 Å². The van der Waals surface area contributed by atoms with Crippen LogP contribution in [0.2, 0.25) is 5.02 Å². The van der Waals surface area contributed by atoms with Crippen LogP contribution in [0.4, 0.5) is 11.4 Å². The van der Waals surface area contributed by atoms with Gasteiger partial charge in [0, 0.05) is 12.7 Å². The van der Waals surface area contributed by atoms with Crippen LogP contribution in [0.25, 0.3) is 0 Å². The molecule has 6 heteroatoms. The number of rotatable bonds is 7. The molecular formula is C11H16ClN3O2. The second-order valence-corrected chi connectivity index (χ2v) is 4.17. The second-order valence-electron chi connectivity index (χ2n) is 3.76. The third-order valence-electron chi connectivity index (χ3n) is 2.41. The van der Waals surface area contributed by atoms with E-state index in [9.17, 15) is 10.1 Å². The molecule has 0 radical (unpaired) electrons. The predicted octanol–water partition coefficient (Wildman–Crippen LogP) is 3.64. The van der Waals surface area contributed by atoms with Gasteiger partial charge >= 0.3 is 5.69 Å². The van der Waals surface area contributed by atoms with Gasteiger partial charge in [0.2, 0.25) is 0 Å². The zero-order valence-corrected chi connectivity index (χ0v) is 10.5. The zero-order valence-electron chi connectivity index (χ0n) is 9.78. The number of halogens is 1. The smallest absolute Gasteiger partial charge is 0.311 e. The molecule has 0 atom stereocenters. The minimum Gasteiger partial charge on any atom is -0.378 e. The SMILES string of the molecule is CCCCCCNc1c(Cl)cncc1[N+](=O)[O-]. The molecule has 5 nitrogen and oxygen atoms in total. The molecule has 1 aromatic heterocycles. The van der Waals surface area contributed by atoms with Crippen LogP contribution < -0.4 is 5.32 Å². The highest BCUT2D eigenvalue weighted by molar-refractivity contribution is 6.33. The number of hydrogen-bond donors (Lipinski definition) is 1. The van der Waals surface area contributed by atoms with E-state index in [1.807, 2.05) is 0 Å². The van der Waals surface area contributed by atoms with Crippen molar-refractivity contribution in [2.45, 2.75) is 32.6 Å².